The first-order valence-corrected chi connectivity index (χ1v) is 6.17. The van der Waals surface area contributed by atoms with Crippen molar-refractivity contribution in [2.24, 2.45) is 0 Å². The Morgan fingerprint density at radius 3 is 2.65 bits per heavy atom. The number of hydrogen-bond acceptors (Lipinski definition) is 5. The molecule has 0 radical (unpaired) electrons. The highest BCUT2D eigenvalue weighted by Crippen LogP contribution is 2.26. The van der Waals surface area contributed by atoms with Crippen LogP contribution in [-0.4, -0.2) is 24.3 Å². The van der Waals surface area contributed by atoms with Crippen LogP contribution in [0, 0.1) is 0 Å². The van der Waals surface area contributed by atoms with Crippen molar-refractivity contribution in [2.45, 2.75) is 13.2 Å². The third kappa shape index (κ3) is 3.19. The van der Waals surface area contributed by atoms with Gasteiger partial charge in [0, 0.05) is 11.8 Å². The number of pyridine rings is 1. The molecule has 1 aromatic carbocycles. The molecule has 5 heteroatoms. The third-order valence-electron chi connectivity index (χ3n) is 2.86. The molecule has 0 saturated heterocycles. The lowest BCUT2D eigenvalue weighted by Crippen LogP contribution is -2.02. The van der Waals surface area contributed by atoms with E-state index in [0.717, 1.165) is 5.56 Å². The fraction of sp³-hybridized carbons (Fsp3) is 0.267. The highest BCUT2D eigenvalue weighted by Gasteiger charge is 2.08. The van der Waals surface area contributed by atoms with E-state index in [1.54, 1.807) is 38.6 Å². The van der Waals surface area contributed by atoms with Crippen LogP contribution in [-0.2, 0) is 13.2 Å². The van der Waals surface area contributed by atoms with Gasteiger partial charge in [-0.15, -0.1) is 0 Å². The van der Waals surface area contributed by atoms with Crippen molar-refractivity contribution >= 4 is 0 Å². The summed E-state index contributed by atoms with van der Waals surface area (Å²) in [5.74, 6) is 1.83. The molecule has 0 spiro atoms. The predicted molar refractivity (Wildman–Crippen MR) is 74.0 cm³/mol. The molecule has 0 bridgehead atoms. The molecule has 0 aliphatic rings. The highest BCUT2D eigenvalue weighted by molar-refractivity contribution is 5.40. The van der Waals surface area contributed by atoms with Gasteiger partial charge in [0.15, 0.2) is 0 Å². The molecule has 1 N–H and O–H groups in total. The van der Waals surface area contributed by atoms with Crippen molar-refractivity contribution in [3.8, 4) is 17.4 Å². The molecule has 0 saturated carbocycles. The summed E-state index contributed by atoms with van der Waals surface area (Å²) in [6, 6.07) is 9.01. The van der Waals surface area contributed by atoms with Crippen LogP contribution >= 0.6 is 0 Å². The molecular formula is C15H17NO4. The Labute approximate surface area is 117 Å². The Hall–Kier alpha value is -2.27. The van der Waals surface area contributed by atoms with Gasteiger partial charge in [0.1, 0.15) is 18.1 Å². The number of benzene rings is 1. The van der Waals surface area contributed by atoms with Crippen molar-refractivity contribution in [3.05, 3.63) is 47.7 Å². The second-order valence-electron chi connectivity index (χ2n) is 4.09. The average molecular weight is 275 g/mol. The summed E-state index contributed by atoms with van der Waals surface area (Å²) in [4.78, 5) is 4.11. The molecule has 0 amide bonds. The minimum Gasteiger partial charge on any atom is -0.497 e. The fourth-order valence-corrected chi connectivity index (χ4v) is 1.82. The van der Waals surface area contributed by atoms with Gasteiger partial charge in [-0.25, -0.2) is 4.98 Å². The second-order valence-corrected chi connectivity index (χ2v) is 4.09. The normalized spacial score (nSPS) is 10.2. The van der Waals surface area contributed by atoms with Crippen LogP contribution in [0.4, 0.5) is 0 Å². The largest absolute Gasteiger partial charge is 0.497 e. The topological polar surface area (TPSA) is 60.8 Å². The summed E-state index contributed by atoms with van der Waals surface area (Å²) in [5.41, 5.74) is 1.52. The number of ether oxygens (including phenoxy) is 3. The van der Waals surface area contributed by atoms with Gasteiger partial charge in [-0.3, -0.25) is 0 Å². The van der Waals surface area contributed by atoms with Crippen molar-refractivity contribution in [1.82, 2.24) is 4.98 Å². The van der Waals surface area contributed by atoms with Gasteiger partial charge in [0.25, 0.3) is 0 Å². The summed E-state index contributed by atoms with van der Waals surface area (Å²) < 4.78 is 16.0. The number of aromatic nitrogens is 1. The first kappa shape index (κ1) is 14.1. The van der Waals surface area contributed by atoms with Crippen LogP contribution in [0.2, 0.25) is 0 Å². The van der Waals surface area contributed by atoms with Crippen molar-refractivity contribution in [2.75, 3.05) is 14.2 Å². The summed E-state index contributed by atoms with van der Waals surface area (Å²) in [6.45, 7) is 0.201. The van der Waals surface area contributed by atoms with Crippen molar-refractivity contribution < 1.29 is 19.3 Å². The molecule has 1 heterocycles. The molecule has 20 heavy (non-hydrogen) atoms. The molecule has 2 aromatic rings. The van der Waals surface area contributed by atoms with Crippen LogP contribution in [0.25, 0.3) is 0 Å². The van der Waals surface area contributed by atoms with E-state index in [1.165, 1.54) is 0 Å². The zero-order valence-corrected chi connectivity index (χ0v) is 11.5. The molecule has 1 aromatic heterocycles. The van der Waals surface area contributed by atoms with Gasteiger partial charge in [0.2, 0.25) is 5.88 Å². The summed E-state index contributed by atoms with van der Waals surface area (Å²) in [5, 5.41) is 9.36. The SMILES string of the molecule is COc1ccc(OCc2cccnc2OC)c(CO)c1. The van der Waals surface area contributed by atoms with Crippen LogP contribution < -0.4 is 14.2 Å². The quantitative estimate of drug-likeness (QED) is 0.875. The maximum Gasteiger partial charge on any atom is 0.219 e. The number of aliphatic hydroxyl groups is 1. The van der Waals surface area contributed by atoms with E-state index in [4.69, 9.17) is 14.2 Å². The fourth-order valence-electron chi connectivity index (χ4n) is 1.82. The lowest BCUT2D eigenvalue weighted by atomic mass is 10.2. The van der Waals surface area contributed by atoms with Gasteiger partial charge in [-0.05, 0) is 30.3 Å². The number of methoxy groups -OCH3 is 2. The monoisotopic (exact) mass is 275 g/mol. The van der Waals surface area contributed by atoms with E-state index in [0.29, 0.717) is 29.5 Å². The first-order chi connectivity index (χ1) is 9.78. The molecule has 5 nitrogen and oxygen atoms in total. The molecule has 0 fully saturated rings. The molecule has 0 atom stereocenters. The van der Waals surface area contributed by atoms with E-state index in [-0.39, 0.29) is 6.61 Å². The number of nitrogens with zero attached hydrogens (tertiary/aromatic N) is 1. The zero-order valence-electron chi connectivity index (χ0n) is 11.5. The van der Waals surface area contributed by atoms with Gasteiger partial charge >= 0.3 is 0 Å². The Kier molecular flexibility index (Phi) is 4.79. The maximum absolute atomic E-state index is 9.36. The Morgan fingerprint density at radius 1 is 1.10 bits per heavy atom. The first-order valence-electron chi connectivity index (χ1n) is 6.17. The number of aliphatic hydroxyl groups excluding tert-OH is 1. The van der Waals surface area contributed by atoms with Crippen molar-refractivity contribution in [1.29, 1.82) is 0 Å². The van der Waals surface area contributed by atoms with E-state index < -0.39 is 0 Å². The average Bonchev–Trinajstić information content (AvgIpc) is 2.52. The maximum atomic E-state index is 9.36. The smallest absolute Gasteiger partial charge is 0.219 e. The minimum atomic E-state index is -0.114. The molecule has 2 rings (SSSR count). The molecule has 0 aliphatic heterocycles. The van der Waals surface area contributed by atoms with Crippen LogP contribution in [0.15, 0.2) is 36.5 Å². The molecular weight excluding hydrogens is 258 g/mol. The van der Waals surface area contributed by atoms with Gasteiger partial charge in [-0.1, -0.05) is 0 Å². The van der Waals surface area contributed by atoms with Gasteiger partial charge < -0.3 is 19.3 Å². The van der Waals surface area contributed by atoms with E-state index in [9.17, 15) is 5.11 Å². The molecule has 106 valence electrons. The zero-order chi connectivity index (χ0) is 14.4. The Morgan fingerprint density at radius 2 is 1.95 bits per heavy atom. The standard InChI is InChI=1S/C15H17NO4/c1-18-13-5-6-14(12(8-13)9-17)20-10-11-4-3-7-16-15(11)19-2/h3-8,17H,9-10H2,1-2H3. The predicted octanol–water partition coefficient (Wildman–Crippen LogP) is 2.17. The summed E-state index contributed by atoms with van der Waals surface area (Å²) in [6.07, 6.45) is 1.66. The lowest BCUT2D eigenvalue weighted by molar-refractivity contribution is 0.255. The number of hydrogen-bond donors (Lipinski definition) is 1. The van der Waals surface area contributed by atoms with Crippen molar-refractivity contribution in [3.63, 3.8) is 0 Å². The van der Waals surface area contributed by atoms with Crippen LogP contribution in [0.5, 0.6) is 17.4 Å². The third-order valence-corrected chi connectivity index (χ3v) is 2.86. The summed E-state index contributed by atoms with van der Waals surface area (Å²) in [7, 11) is 3.15. The van der Waals surface area contributed by atoms with Crippen LogP contribution in [0.3, 0.4) is 0 Å². The van der Waals surface area contributed by atoms with E-state index >= 15 is 0 Å². The highest BCUT2D eigenvalue weighted by atomic mass is 16.5. The lowest BCUT2D eigenvalue weighted by Gasteiger charge is -2.12. The van der Waals surface area contributed by atoms with E-state index in [1.807, 2.05) is 12.1 Å². The summed E-state index contributed by atoms with van der Waals surface area (Å²) >= 11 is 0. The van der Waals surface area contributed by atoms with Crippen LogP contribution in [0.1, 0.15) is 11.1 Å². The van der Waals surface area contributed by atoms with Gasteiger partial charge in [0.05, 0.1) is 26.4 Å². The molecule has 0 aliphatic carbocycles. The molecule has 0 unspecified atom stereocenters. The Balaban J connectivity index is 2.14. The minimum absolute atomic E-state index is 0.114. The van der Waals surface area contributed by atoms with E-state index in [2.05, 4.69) is 4.98 Å². The number of rotatable bonds is 6. The Bertz CT molecular complexity index is 572. The second kappa shape index (κ2) is 6.77. The van der Waals surface area contributed by atoms with Gasteiger partial charge in [-0.2, -0.15) is 0 Å².